The molecule has 0 aliphatic heterocycles. The lowest BCUT2D eigenvalue weighted by atomic mass is 10.4. The summed E-state index contributed by atoms with van der Waals surface area (Å²) >= 11 is 9.32. The van der Waals surface area contributed by atoms with Crippen molar-refractivity contribution < 1.29 is 5.21 Å². The molecule has 6 nitrogen and oxygen atoms in total. The highest BCUT2D eigenvalue weighted by molar-refractivity contribution is 9.10. The first-order chi connectivity index (χ1) is 8.13. The fraction of sp³-hybridized carbons (Fsp3) is 0. The minimum absolute atomic E-state index is 0.115. The molecule has 0 saturated heterocycles. The van der Waals surface area contributed by atoms with Crippen LogP contribution in [0.3, 0.4) is 0 Å². The SMILES string of the molecule is N/C(=N/O)c1nccn1-c1ncc(Br)cc1Cl. The lowest BCUT2D eigenvalue weighted by molar-refractivity contribution is 0.318. The smallest absolute Gasteiger partial charge is 0.206 e. The van der Waals surface area contributed by atoms with E-state index in [1.54, 1.807) is 18.5 Å². The Hall–Kier alpha value is -1.60. The van der Waals surface area contributed by atoms with Gasteiger partial charge in [-0.05, 0) is 22.0 Å². The highest BCUT2D eigenvalue weighted by Crippen LogP contribution is 2.22. The summed E-state index contributed by atoms with van der Waals surface area (Å²) in [4.78, 5) is 8.11. The van der Waals surface area contributed by atoms with Crippen molar-refractivity contribution in [1.82, 2.24) is 14.5 Å². The summed E-state index contributed by atoms with van der Waals surface area (Å²) < 4.78 is 2.29. The number of aromatic nitrogens is 3. The van der Waals surface area contributed by atoms with Crippen molar-refractivity contribution in [3.05, 3.63) is 40.0 Å². The van der Waals surface area contributed by atoms with E-state index in [0.717, 1.165) is 4.47 Å². The highest BCUT2D eigenvalue weighted by atomic mass is 79.9. The van der Waals surface area contributed by atoms with Crippen LogP contribution in [0.5, 0.6) is 0 Å². The van der Waals surface area contributed by atoms with Crippen LogP contribution in [-0.2, 0) is 0 Å². The van der Waals surface area contributed by atoms with Gasteiger partial charge in [0.05, 0.1) is 5.02 Å². The Balaban J connectivity index is 2.58. The Labute approximate surface area is 110 Å². The van der Waals surface area contributed by atoms with Gasteiger partial charge in [0, 0.05) is 23.1 Å². The number of nitrogens with two attached hydrogens (primary N) is 1. The van der Waals surface area contributed by atoms with Crippen molar-refractivity contribution in [3.8, 4) is 5.82 Å². The maximum absolute atomic E-state index is 8.64. The van der Waals surface area contributed by atoms with E-state index in [9.17, 15) is 0 Å². The summed E-state index contributed by atoms with van der Waals surface area (Å²) in [5, 5.41) is 12.0. The third kappa shape index (κ3) is 2.25. The Bertz CT molecular complexity index is 583. The molecule has 2 heterocycles. The average Bonchev–Trinajstić information content (AvgIpc) is 2.77. The van der Waals surface area contributed by atoms with Gasteiger partial charge in [0.15, 0.2) is 11.6 Å². The van der Waals surface area contributed by atoms with Crippen LogP contribution in [0.2, 0.25) is 5.02 Å². The van der Waals surface area contributed by atoms with E-state index in [0.29, 0.717) is 10.8 Å². The molecule has 88 valence electrons. The zero-order chi connectivity index (χ0) is 12.4. The van der Waals surface area contributed by atoms with Crippen molar-refractivity contribution in [1.29, 1.82) is 0 Å². The highest BCUT2D eigenvalue weighted by Gasteiger charge is 2.13. The molecule has 0 bridgehead atoms. The van der Waals surface area contributed by atoms with Gasteiger partial charge in [0.1, 0.15) is 0 Å². The Morgan fingerprint density at radius 1 is 1.53 bits per heavy atom. The van der Waals surface area contributed by atoms with Crippen molar-refractivity contribution in [2.75, 3.05) is 0 Å². The van der Waals surface area contributed by atoms with Gasteiger partial charge in [0.2, 0.25) is 5.84 Å². The van der Waals surface area contributed by atoms with E-state index in [-0.39, 0.29) is 11.7 Å². The molecule has 0 aliphatic rings. The summed E-state index contributed by atoms with van der Waals surface area (Å²) in [7, 11) is 0. The third-order valence-electron chi connectivity index (χ3n) is 1.99. The van der Waals surface area contributed by atoms with Gasteiger partial charge in [-0.2, -0.15) is 0 Å². The first-order valence-electron chi connectivity index (χ1n) is 4.46. The van der Waals surface area contributed by atoms with Crippen LogP contribution in [0.4, 0.5) is 0 Å². The van der Waals surface area contributed by atoms with Crippen molar-refractivity contribution in [2.45, 2.75) is 0 Å². The number of hydrogen-bond acceptors (Lipinski definition) is 4. The second-order valence-corrected chi connectivity index (χ2v) is 4.39. The summed E-state index contributed by atoms with van der Waals surface area (Å²) in [6.45, 7) is 0. The Kier molecular flexibility index (Phi) is 3.30. The normalized spacial score (nSPS) is 11.8. The third-order valence-corrected chi connectivity index (χ3v) is 2.71. The molecule has 0 spiro atoms. The molecule has 17 heavy (non-hydrogen) atoms. The minimum atomic E-state index is -0.115. The first-order valence-corrected chi connectivity index (χ1v) is 5.63. The number of oxime groups is 1. The molecule has 2 aromatic heterocycles. The lowest BCUT2D eigenvalue weighted by Gasteiger charge is -2.07. The summed E-state index contributed by atoms with van der Waals surface area (Å²) in [6.07, 6.45) is 4.72. The van der Waals surface area contributed by atoms with E-state index in [1.807, 2.05) is 0 Å². The van der Waals surface area contributed by atoms with Gasteiger partial charge in [-0.25, -0.2) is 9.97 Å². The lowest BCUT2D eigenvalue weighted by Crippen LogP contribution is -2.19. The molecule has 0 fully saturated rings. The fourth-order valence-electron chi connectivity index (χ4n) is 1.29. The molecular weight excluding hydrogens is 309 g/mol. The van der Waals surface area contributed by atoms with Crippen molar-refractivity contribution in [2.24, 2.45) is 10.9 Å². The summed E-state index contributed by atoms with van der Waals surface area (Å²) in [6, 6.07) is 1.69. The average molecular weight is 317 g/mol. The van der Waals surface area contributed by atoms with E-state index < -0.39 is 0 Å². The maximum atomic E-state index is 8.64. The van der Waals surface area contributed by atoms with Crippen LogP contribution in [0.25, 0.3) is 5.82 Å². The molecule has 0 amide bonds. The van der Waals surface area contributed by atoms with Gasteiger partial charge in [0.25, 0.3) is 0 Å². The molecule has 0 unspecified atom stereocenters. The largest absolute Gasteiger partial charge is 0.409 e. The second kappa shape index (κ2) is 4.72. The molecule has 0 aliphatic carbocycles. The van der Waals surface area contributed by atoms with Gasteiger partial charge >= 0.3 is 0 Å². The molecule has 0 aromatic carbocycles. The number of halogens is 2. The number of pyridine rings is 1. The van der Waals surface area contributed by atoms with E-state index in [2.05, 4.69) is 31.1 Å². The zero-order valence-electron chi connectivity index (χ0n) is 8.38. The van der Waals surface area contributed by atoms with Gasteiger partial charge in [-0.1, -0.05) is 16.8 Å². The van der Waals surface area contributed by atoms with Gasteiger partial charge < -0.3 is 10.9 Å². The quantitative estimate of drug-likeness (QED) is 0.382. The fourth-order valence-corrected chi connectivity index (χ4v) is 2.01. The Morgan fingerprint density at radius 2 is 2.29 bits per heavy atom. The van der Waals surface area contributed by atoms with Crippen LogP contribution >= 0.6 is 27.5 Å². The maximum Gasteiger partial charge on any atom is 0.206 e. The predicted octanol–water partition coefficient (Wildman–Crippen LogP) is 1.78. The van der Waals surface area contributed by atoms with Gasteiger partial charge in [-0.15, -0.1) is 0 Å². The second-order valence-electron chi connectivity index (χ2n) is 3.07. The monoisotopic (exact) mass is 315 g/mol. The van der Waals surface area contributed by atoms with Crippen LogP contribution in [0, 0.1) is 0 Å². The van der Waals surface area contributed by atoms with E-state index in [1.165, 1.54) is 10.8 Å². The zero-order valence-corrected chi connectivity index (χ0v) is 10.7. The molecule has 0 saturated carbocycles. The number of amidine groups is 1. The van der Waals surface area contributed by atoms with Crippen molar-refractivity contribution in [3.63, 3.8) is 0 Å². The molecule has 0 radical (unpaired) electrons. The summed E-state index contributed by atoms with van der Waals surface area (Å²) in [5.41, 5.74) is 5.49. The number of hydrogen-bond donors (Lipinski definition) is 2. The Morgan fingerprint density at radius 3 is 2.94 bits per heavy atom. The van der Waals surface area contributed by atoms with Crippen molar-refractivity contribution >= 4 is 33.4 Å². The van der Waals surface area contributed by atoms with Crippen LogP contribution < -0.4 is 5.73 Å². The van der Waals surface area contributed by atoms with Crippen LogP contribution in [0.15, 0.2) is 34.3 Å². The molecule has 8 heteroatoms. The van der Waals surface area contributed by atoms with Crippen LogP contribution in [0.1, 0.15) is 5.82 Å². The molecule has 2 rings (SSSR count). The van der Waals surface area contributed by atoms with E-state index >= 15 is 0 Å². The number of imidazole rings is 1. The summed E-state index contributed by atoms with van der Waals surface area (Å²) in [5.74, 6) is 0.606. The molecule has 2 aromatic rings. The molecular formula is C9H7BrClN5O. The number of rotatable bonds is 2. The minimum Gasteiger partial charge on any atom is -0.409 e. The first kappa shape index (κ1) is 11.9. The number of nitrogens with zero attached hydrogens (tertiary/aromatic N) is 4. The van der Waals surface area contributed by atoms with Gasteiger partial charge in [-0.3, -0.25) is 4.57 Å². The van der Waals surface area contributed by atoms with E-state index in [4.69, 9.17) is 22.5 Å². The predicted molar refractivity (Wildman–Crippen MR) is 66.6 cm³/mol. The standard InChI is InChI=1S/C9H7BrClN5O/c10-5-3-6(11)8(14-4-5)16-2-1-13-9(16)7(12)15-17/h1-4,17H,(H2,12,15). The topological polar surface area (TPSA) is 89.3 Å². The molecule has 0 atom stereocenters. The van der Waals surface area contributed by atoms with Crippen LogP contribution in [-0.4, -0.2) is 25.6 Å². The molecule has 3 N–H and O–H groups in total.